The lowest BCUT2D eigenvalue weighted by molar-refractivity contribution is -0.141. The third-order valence-corrected chi connectivity index (χ3v) is 3.49. The summed E-state index contributed by atoms with van der Waals surface area (Å²) in [6, 6.07) is 1.36. The third-order valence-electron chi connectivity index (χ3n) is 3.49. The lowest BCUT2D eigenvalue weighted by Gasteiger charge is -2.26. The van der Waals surface area contributed by atoms with Gasteiger partial charge in [0.05, 0.1) is 6.10 Å². The van der Waals surface area contributed by atoms with E-state index in [-0.39, 0.29) is 17.7 Å². The smallest absolute Gasteiger partial charge is 0.393 e. The van der Waals surface area contributed by atoms with Gasteiger partial charge in [-0.1, -0.05) is 0 Å². The van der Waals surface area contributed by atoms with E-state index in [1.807, 2.05) is 0 Å². The van der Waals surface area contributed by atoms with E-state index in [4.69, 9.17) is 0 Å². The molecule has 0 aliphatic heterocycles. The summed E-state index contributed by atoms with van der Waals surface area (Å²) < 4.78 is 37.2. The van der Waals surface area contributed by atoms with Crippen LogP contribution in [-0.4, -0.2) is 28.1 Å². The molecule has 1 heterocycles. The zero-order valence-corrected chi connectivity index (χ0v) is 11.0. The van der Waals surface area contributed by atoms with Crippen LogP contribution in [0.25, 0.3) is 0 Å². The Labute approximate surface area is 118 Å². The second kappa shape index (κ2) is 5.88. The van der Waals surface area contributed by atoms with Gasteiger partial charge < -0.3 is 15.4 Å². The monoisotopic (exact) mass is 304 g/mol. The molecule has 116 valence electrons. The molecule has 0 unspecified atom stereocenters. The first kappa shape index (κ1) is 15.6. The van der Waals surface area contributed by atoms with Crippen molar-refractivity contribution in [3.8, 4) is 0 Å². The van der Waals surface area contributed by atoms with E-state index in [0.29, 0.717) is 31.7 Å². The van der Waals surface area contributed by atoms with E-state index in [9.17, 15) is 27.9 Å². The van der Waals surface area contributed by atoms with Crippen molar-refractivity contribution >= 4 is 5.91 Å². The Morgan fingerprint density at radius 2 is 1.86 bits per heavy atom. The molecule has 0 radical (unpaired) electrons. The molecule has 0 saturated heterocycles. The minimum Gasteiger partial charge on any atom is -0.393 e. The first-order valence-corrected chi connectivity index (χ1v) is 6.57. The average molecular weight is 304 g/mol. The highest BCUT2D eigenvalue weighted by Crippen LogP contribution is 2.26. The van der Waals surface area contributed by atoms with Crippen LogP contribution >= 0.6 is 0 Å². The number of pyridine rings is 1. The minimum atomic E-state index is -4.66. The summed E-state index contributed by atoms with van der Waals surface area (Å²) in [5, 5.41) is 12.0. The molecule has 2 rings (SSSR count). The number of aromatic amines is 1. The van der Waals surface area contributed by atoms with E-state index in [2.05, 4.69) is 5.32 Å². The SMILES string of the molecule is O=C(NC1CCC(O)CC1)c1ccc(C(F)(F)F)[nH]c1=O. The maximum atomic E-state index is 12.4. The van der Waals surface area contributed by atoms with Gasteiger partial charge in [0.1, 0.15) is 11.3 Å². The van der Waals surface area contributed by atoms with Gasteiger partial charge in [-0.15, -0.1) is 0 Å². The van der Waals surface area contributed by atoms with Crippen LogP contribution < -0.4 is 10.9 Å². The molecular weight excluding hydrogens is 289 g/mol. The van der Waals surface area contributed by atoms with Crippen LogP contribution in [0, 0.1) is 0 Å². The van der Waals surface area contributed by atoms with Crippen molar-refractivity contribution in [2.45, 2.75) is 44.0 Å². The van der Waals surface area contributed by atoms with Crippen molar-refractivity contribution in [3.05, 3.63) is 33.7 Å². The number of carbonyl (C=O) groups excluding carboxylic acids is 1. The molecule has 0 spiro atoms. The van der Waals surface area contributed by atoms with Crippen molar-refractivity contribution in [1.82, 2.24) is 10.3 Å². The number of hydrogen-bond acceptors (Lipinski definition) is 3. The van der Waals surface area contributed by atoms with Crippen LogP contribution in [-0.2, 0) is 6.18 Å². The quantitative estimate of drug-likeness (QED) is 0.773. The first-order chi connectivity index (χ1) is 9.77. The van der Waals surface area contributed by atoms with Gasteiger partial charge in [0.15, 0.2) is 0 Å². The van der Waals surface area contributed by atoms with Crippen molar-refractivity contribution in [3.63, 3.8) is 0 Å². The number of rotatable bonds is 2. The Hall–Kier alpha value is -1.83. The molecule has 0 bridgehead atoms. The average Bonchev–Trinajstić information content (AvgIpc) is 2.40. The standard InChI is InChI=1S/C13H15F3N2O3/c14-13(15,16)10-6-5-9(12(21)18-10)11(20)17-7-1-3-8(19)4-2-7/h5-8,19H,1-4H2,(H,17,20)(H,18,21). The van der Waals surface area contributed by atoms with Crippen molar-refractivity contribution in [1.29, 1.82) is 0 Å². The van der Waals surface area contributed by atoms with Gasteiger partial charge in [0.2, 0.25) is 0 Å². The summed E-state index contributed by atoms with van der Waals surface area (Å²) in [7, 11) is 0. The molecular formula is C13H15F3N2O3. The molecule has 1 aromatic heterocycles. The van der Waals surface area contributed by atoms with Gasteiger partial charge in [-0.2, -0.15) is 13.2 Å². The number of aliphatic hydroxyl groups is 1. The number of alkyl halides is 3. The number of halogens is 3. The highest BCUT2D eigenvalue weighted by Gasteiger charge is 2.32. The zero-order valence-electron chi connectivity index (χ0n) is 11.0. The maximum Gasteiger partial charge on any atom is 0.431 e. The Morgan fingerprint density at radius 3 is 2.38 bits per heavy atom. The second-order valence-electron chi connectivity index (χ2n) is 5.09. The maximum absolute atomic E-state index is 12.4. The number of amides is 1. The molecule has 21 heavy (non-hydrogen) atoms. The Morgan fingerprint density at radius 1 is 1.24 bits per heavy atom. The summed E-state index contributed by atoms with van der Waals surface area (Å²) >= 11 is 0. The lowest BCUT2D eigenvalue weighted by atomic mass is 9.93. The van der Waals surface area contributed by atoms with Crippen LogP contribution in [0.3, 0.4) is 0 Å². The highest BCUT2D eigenvalue weighted by atomic mass is 19.4. The third kappa shape index (κ3) is 3.84. The number of aromatic nitrogens is 1. The normalized spacial score (nSPS) is 22.9. The van der Waals surface area contributed by atoms with Crippen LogP contribution in [0.2, 0.25) is 0 Å². The molecule has 1 saturated carbocycles. The van der Waals surface area contributed by atoms with Gasteiger partial charge in [0.25, 0.3) is 11.5 Å². The summed E-state index contributed by atoms with van der Waals surface area (Å²) in [6.45, 7) is 0. The van der Waals surface area contributed by atoms with E-state index in [0.717, 1.165) is 6.07 Å². The fraction of sp³-hybridized carbons (Fsp3) is 0.538. The zero-order chi connectivity index (χ0) is 15.6. The van der Waals surface area contributed by atoms with Crippen LogP contribution in [0.1, 0.15) is 41.7 Å². The van der Waals surface area contributed by atoms with Crippen LogP contribution in [0.5, 0.6) is 0 Å². The summed E-state index contributed by atoms with van der Waals surface area (Å²) in [6.07, 6.45) is -2.79. The summed E-state index contributed by atoms with van der Waals surface area (Å²) in [5.74, 6) is -0.702. The number of H-pyrrole nitrogens is 1. The minimum absolute atomic E-state index is 0.178. The predicted molar refractivity (Wildman–Crippen MR) is 67.8 cm³/mol. The van der Waals surface area contributed by atoms with E-state index < -0.39 is 23.3 Å². The molecule has 1 amide bonds. The topological polar surface area (TPSA) is 82.2 Å². The molecule has 1 aliphatic rings. The molecule has 0 atom stereocenters. The predicted octanol–water partition coefficient (Wildman–Crippen LogP) is 1.43. The Kier molecular flexibility index (Phi) is 4.36. The molecule has 1 aromatic rings. The molecule has 1 fully saturated rings. The van der Waals surface area contributed by atoms with Gasteiger partial charge in [-0.05, 0) is 37.8 Å². The summed E-state index contributed by atoms with van der Waals surface area (Å²) in [5.41, 5.74) is -2.61. The molecule has 3 N–H and O–H groups in total. The summed E-state index contributed by atoms with van der Waals surface area (Å²) in [4.78, 5) is 25.1. The van der Waals surface area contributed by atoms with Crippen LogP contribution in [0.4, 0.5) is 13.2 Å². The Balaban J connectivity index is 2.08. The van der Waals surface area contributed by atoms with Crippen molar-refractivity contribution in [2.24, 2.45) is 0 Å². The van der Waals surface area contributed by atoms with E-state index >= 15 is 0 Å². The number of carbonyl (C=O) groups is 1. The molecule has 0 aromatic carbocycles. The highest BCUT2D eigenvalue weighted by molar-refractivity contribution is 5.94. The lowest BCUT2D eigenvalue weighted by Crippen LogP contribution is -2.40. The largest absolute Gasteiger partial charge is 0.431 e. The van der Waals surface area contributed by atoms with E-state index in [1.165, 1.54) is 0 Å². The fourth-order valence-electron chi connectivity index (χ4n) is 2.30. The Bertz CT molecular complexity index is 575. The number of nitrogens with one attached hydrogen (secondary N) is 2. The van der Waals surface area contributed by atoms with Crippen LogP contribution in [0.15, 0.2) is 16.9 Å². The fourth-order valence-corrected chi connectivity index (χ4v) is 2.30. The van der Waals surface area contributed by atoms with Gasteiger partial charge in [-0.25, -0.2) is 0 Å². The molecule has 1 aliphatic carbocycles. The van der Waals surface area contributed by atoms with Crippen molar-refractivity contribution < 1.29 is 23.1 Å². The van der Waals surface area contributed by atoms with Gasteiger partial charge in [-0.3, -0.25) is 9.59 Å². The molecule has 5 nitrogen and oxygen atoms in total. The van der Waals surface area contributed by atoms with Gasteiger partial charge >= 0.3 is 6.18 Å². The first-order valence-electron chi connectivity index (χ1n) is 6.57. The number of hydrogen-bond donors (Lipinski definition) is 3. The number of aliphatic hydroxyl groups excluding tert-OH is 1. The van der Waals surface area contributed by atoms with Gasteiger partial charge in [0, 0.05) is 6.04 Å². The van der Waals surface area contributed by atoms with Crippen molar-refractivity contribution in [2.75, 3.05) is 0 Å². The molecule has 8 heteroatoms. The van der Waals surface area contributed by atoms with E-state index in [1.54, 1.807) is 4.98 Å². The second-order valence-corrected chi connectivity index (χ2v) is 5.09.